The largest absolute Gasteiger partial charge is 0.379 e. The lowest BCUT2D eigenvalue weighted by Crippen LogP contribution is -2.52. The highest BCUT2D eigenvalue weighted by molar-refractivity contribution is 14.0. The van der Waals surface area contributed by atoms with Crippen LogP contribution in [-0.4, -0.2) is 66.1 Å². The van der Waals surface area contributed by atoms with E-state index in [-0.39, 0.29) is 24.0 Å². The van der Waals surface area contributed by atoms with E-state index in [1.165, 1.54) is 0 Å². The summed E-state index contributed by atoms with van der Waals surface area (Å²) in [6, 6.07) is 0.483. The molecule has 1 fully saturated rings. The number of guanidine groups is 1. The van der Waals surface area contributed by atoms with Gasteiger partial charge in [0.2, 0.25) is 0 Å². The van der Waals surface area contributed by atoms with Gasteiger partial charge in [-0.2, -0.15) is 5.10 Å². The second-order valence-corrected chi connectivity index (χ2v) is 6.56. The molecule has 2 heterocycles. The van der Waals surface area contributed by atoms with Gasteiger partial charge in [0.1, 0.15) is 0 Å². The summed E-state index contributed by atoms with van der Waals surface area (Å²) in [4.78, 5) is 7.19. The lowest BCUT2D eigenvalue weighted by molar-refractivity contribution is 0.00752. The second kappa shape index (κ2) is 11.7. The van der Waals surface area contributed by atoms with Crippen molar-refractivity contribution in [3.8, 4) is 0 Å². The normalized spacial score (nSPS) is 17.2. The summed E-state index contributed by atoms with van der Waals surface area (Å²) < 4.78 is 7.28. The summed E-state index contributed by atoms with van der Waals surface area (Å²) >= 11 is 0. The van der Waals surface area contributed by atoms with Crippen LogP contribution in [0.1, 0.15) is 26.3 Å². The van der Waals surface area contributed by atoms with Gasteiger partial charge in [0.25, 0.3) is 0 Å². The first kappa shape index (κ1) is 22.2. The number of aromatic nitrogens is 2. The Bertz CT molecular complexity index is 513. The third-order valence-corrected chi connectivity index (χ3v) is 4.29. The third-order valence-electron chi connectivity index (χ3n) is 4.29. The number of aliphatic imine (C=N–C) groups is 1. The SMILES string of the molecule is CCNC(=NCc1cnn(C)c1)NCC(C(C)C)N1CCOCC1.I. The number of hydrogen-bond donors (Lipinski definition) is 2. The number of nitrogens with one attached hydrogen (secondary N) is 2. The molecule has 1 aromatic heterocycles. The van der Waals surface area contributed by atoms with Crippen LogP contribution in [0.5, 0.6) is 0 Å². The topological polar surface area (TPSA) is 66.7 Å². The molecule has 1 aliphatic heterocycles. The number of hydrogen-bond acceptors (Lipinski definition) is 4. The predicted molar refractivity (Wildman–Crippen MR) is 112 cm³/mol. The van der Waals surface area contributed by atoms with Crippen LogP contribution < -0.4 is 10.6 Å². The highest BCUT2D eigenvalue weighted by atomic mass is 127. The van der Waals surface area contributed by atoms with Gasteiger partial charge in [0.05, 0.1) is 26.0 Å². The Hall–Kier alpha value is -0.870. The number of ether oxygens (including phenoxy) is 1. The average Bonchev–Trinajstić information content (AvgIpc) is 2.99. The highest BCUT2D eigenvalue weighted by Crippen LogP contribution is 2.12. The van der Waals surface area contributed by atoms with Crippen molar-refractivity contribution in [2.24, 2.45) is 18.0 Å². The van der Waals surface area contributed by atoms with E-state index < -0.39 is 0 Å². The molecule has 0 saturated carbocycles. The fourth-order valence-corrected chi connectivity index (χ4v) is 2.96. The number of halogens is 1. The van der Waals surface area contributed by atoms with Gasteiger partial charge in [0.15, 0.2) is 5.96 Å². The molecule has 144 valence electrons. The molecule has 25 heavy (non-hydrogen) atoms. The molecule has 1 atom stereocenters. The lowest BCUT2D eigenvalue weighted by atomic mass is 10.0. The van der Waals surface area contributed by atoms with Crippen LogP contribution in [0.2, 0.25) is 0 Å². The zero-order chi connectivity index (χ0) is 17.4. The van der Waals surface area contributed by atoms with Crippen molar-refractivity contribution in [2.75, 3.05) is 39.4 Å². The molecule has 7 nitrogen and oxygen atoms in total. The Labute approximate surface area is 168 Å². The Morgan fingerprint density at radius 3 is 2.60 bits per heavy atom. The minimum atomic E-state index is 0. The molecular formula is C17H33IN6O. The van der Waals surface area contributed by atoms with Crippen molar-refractivity contribution >= 4 is 29.9 Å². The maximum absolute atomic E-state index is 5.48. The Morgan fingerprint density at radius 1 is 1.32 bits per heavy atom. The molecule has 2 rings (SSSR count). The molecule has 2 N–H and O–H groups in total. The smallest absolute Gasteiger partial charge is 0.191 e. The quantitative estimate of drug-likeness (QED) is 0.364. The fourth-order valence-electron chi connectivity index (χ4n) is 2.96. The molecule has 0 aliphatic carbocycles. The fraction of sp³-hybridized carbons (Fsp3) is 0.765. The van der Waals surface area contributed by atoms with Crippen molar-refractivity contribution in [3.63, 3.8) is 0 Å². The van der Waals surface area contributed by atoms with E-state index >= 15 is 0 Å². The van der Waals surface area contributed by atoms with Crippen LogP contribution in [0.25, 0.3) is 0 Å². The molecule has 0 aromatic carbocycles. The maximum atomic E-state index is 5.48. The van der Waals surface area contributed by atoms with E-state index in [4.69, 9.17) is 4.74 Å². The molecular weight excluding hydrogens is 431 g/mol. The van der Waals surface area contributed by atoms with Crippen LogP contribution in [0.15, 0.2) is 17.4 Å². The van der Waals surface area contributed by atoms with Gasteiger partial charge in [0, 0.05) is 51.0 Å². The molecule has 8 heteroatoms. The monoisotopic (exact) mass is 464 g/mol. The van der Waals surface area contributed by atoms with E-state index in [9.17, 15) is 0 Å². The van der Waals surface area contributed by atoms with Gasteiger partial charge in [-0.15, -0.1) is 24.0 Å². The molecule has 0 radical (unpaired) electrons. The van der Waals surface area contributed by atoms with E-state index in [2.05, 4.69) is 46.4 Å². The summed E-state index contributed by atoms with van der Waals surface area (Å²) in [5.74, 6) is 1.44. The minimum absolute atomic E-state index is 0. The van der Waals surface area contributed by atoms with Crippen molar-refractivity contribution in [3.05, 3.63) is 18.0 Å². The first-order chi connectivity index (χ1) is 11.6. The molecule has 0 spiro atoms. The summed E-state index contributed by atoms with van der Waals surface area (Å²) in [5, 5.41) is 11.0. The highest BCUT2D eigenvalue weighted by Gasteiger charge is 2.23. The van der Waals surface area contributed by atoms with Crippen LogP contribution >= 0.6 is 24.0 Å². The summed E-state index contributed by atoms with van der Waals surface area (Å²) in [5.41, 5.74) is 1.11. The van der Waals surface area contributed by atoms with Gasteiger partial charge in [-0.3, -0.25) is 9.58 Å². The molecule has 0 amide bonds. The third kappa shape index (κ3) is 7.49. The van der Waals surface area contributed by atoms with E-state index in [1.54, 1.807) is 4.68 Å². The molecule has 1 unspecified atom stereocenters. The minimum Gasteiger partial charge on any atom is -0.379 e. The number of aryl methyl sites for hydroxylation is 1. The Balaban J connectivity index is 0.00000312. The molecule has 1 aliphatic rings. The van der Waals surface area contributed by atoms with Crippen LogP contribution in [0.3, 0.4) is 0 Å². The summed E-state index contributed by atoms with van der Waals surface area (Å²) in [6.07, 6.45) is 3.86. The standard InChI is InChI=1S/C17H32N6O.HI/c1-5-18-17(19-10-15-11-21-22(4)13-15)20-12-16(14(2)3)23-6-8-24-9-7-23;/h11,13-14,16H,5-10,12H2,1-4H3,(H2,18,19,20);1H. The summed E-state index contributed by atoms with van der Waals surface area (Å²) in [6.45, 7) is 12.7. The first-order valence-electron chi connectivity index (χ1n) is 8.91. The number of nitrogens with zero attached hydrogens (tertiary/aromatic N) is 4. The van der Waals surface area contributed by atoms with Crippen LogP contribution in [0.4, 0.5) is 0 Å². The van der Waals surface area contributed by atoms with E-state index in [0.717, 1.165) is 50.9 Å². The van der Waals surface area contributed by atoms with Gasteiger partial charge in [-0.05, 0) is 12.8 Å². The summed E-state index contributed by atoms with van der Waals surface area (Å²) in [7, 11) is 1.92. The van der Waals surface area contributed by atoms with Crippen molar-refractivity contribution in [1.82, 2.24) is 25.3 Å². The van der Waals surface area contributed by atoms with Crippen LogP contribution in [-0.2, 0) is 18.3 Å². The molecule has 1 saturated heterocycles. The number of rotatable bonds is 7. The van der Waals surface area contributed by atoms with Crippen molar-refractivity contribution in [2.45, 2.75) is 33.4 Å². The van der Waals surface area contributed by atoms with Gasteiger partial charge in [-0.1, -0.05) is 13.8 Å². The molecule has 1 aromatic rings. The van der Waals surface area contributed by atoms with E-state index in [1.807, 2.05) is 19.4 Å². The average molecular weight is 464 g/mol. The van der Waals surface area contributed by atoms with Gasteiger partial charge < -0.3 is 15.4 Å². The first-order valence-corrected chi connectivity index (χ1v) is 8.91. The Morgan fingerprint density at radius 2 is 2.04 bits per heavy atom. The Kier molecular flexibility index (Phi) is 10.4. The van der Waals surface area contributed by atoms with Gasteiger partial charge in [-0.25, -0.2) is 4.99 Å². The predicted octanol–water partition coefficient (Wildman–Crippen LogP) is 1.45. The number of morpholine rings is 1. The van der Waals surface area contributed by atoms with E-state index in [0.29, 0.717) is 18.5 Å². The molecule has 0 bridgehead atoms. The van der Waals surface area contributed by atoms with Gasteiger partial charge >= 0.3 is 0 Å². The maximum Gasteiger partial charge on any atom is 0.191 e. The van der Waals surface area contributed by atoms with Crippen molar-refractivity contribution < 1.29 is 4.74 Å². The van der Waals surface area contributed by atoms with Crippen molar-refractivity contribution in [1.29, 1.82) is 0 Å². The zero-order valence-corrected chi connectivity index (χ0v) is 18.2. The zero-order valence-electron chi connectivity index (χ0n) is 15.9. The lowest BCUT2D eigenvalue weighted by Gasteiger charge is -2.37. The second-order valence-electron chi connectivity index (χ2n) is 6.56. The van der Waals surface area contributed by atoms with Crippen LogP contribution in [0, 0.1) is 5.92 Å².